The predicted octanol–water partition coefficient (Wildman–Crippen LogP) is 2.48. The van der Waals surface area contributed by atoms with E-state index < -0.39 is 0 Å². The van der Waals surface area contributed by atoms with Crippen LogP contribution in [0.4, 0.5) is 0 Å². The van der Waals surface area contributed by atoms with E-state index in [2.05, 4.69) is 24.4 Å². The van der Waals surface area contributed by atoms with E-state index in [1.165, 1.54) is 16.2 Å². The van der Waals surface area contributed by atoms with Gasteiger partial charge in [-0.3, -0.25) is 4.79 Å². The van der Waals surface area contributed by atoms with Gasteiger partial charge in [-0.05, 0) is 51.4 Å². The summed E-state index contributed by atoms with van der Waals surface area (Å²) in [7, 11) is 1.98. The van der Waals surface area contributed by atoms with Crippen LogP contribution in [0.5, 0.6) is 0 Å². The number of carbonyl (C=O) groups is 1. The maximum Gasteiger partial charge on any atom is 0.227 e. The number of nitrogens with one attached hydrogen (secondary N) is 1. The number of hydrogen-bond acceptors (Lipinski definition) is 3. The molecule has 0 saturated carbocycles. The standard InChI is InChI=1S/C14H22N2OS.ClH/c1-11-5-6-13(18-11)8-14(17)16-7-3-4-12(10-16)9-15-2;/h5-6,12,15H,3-4,7-10H2,1-2H3;1H. The second-order valence-electron chi connectivity index (χ2n) is 5.09. The molecule has 5 heteroatoms. The van der Waals surface area contributed by atoms with E-state index in [1.807, 2.05) is 11.9 Å². The first-order valence-corrected chi connectivity index (χ1v) is 7.48. The zero-order valence-corrected chi connectivity index (χ0v) is 13.3. The Kier molecular flexibility index (Phi) is 6.83. The third kappa shape index (κ3) is 4.79. The average molecular weight is 303 g/mol. The second kappa shape index (κ2) is 7.88. The summed E-state index contributed by atoms with van der Waals surface area (Å²) in [6, 6.07) is 4.17. The van der Waals surface area contributed by atoms with Gasteiger partial charge in [-0.25, -0.2) is 0 Å². The van der Waals surface area contributed by atoms with Gasteiger partial charge in [-0.15, -0.1) is 23.7 Å². The number of halogens is 1. The van der Waals surface area contributed by atoms with Crippen LogP contribution in [0.15, 0.2) is 12.1 Å². The number of likely N-dealkylation sites (tertiary alicyclic amines) is 1. The highest BCUT2D eigenvalue weighted by Gasteiger charge is 2.23. The molecule has 1 N–H and O–H groups in total. The largest absolute Gasteiger partial charge is 0.342 e. The van der Waals surface area contributed by atoms with Gasteiger partial charge in [0.1, 0.15) is 0 Å². The van der Waals surface area contributed by atoms with E-state index in [1.54, 1.807) is 11.3 Å². The monoisotopic (exact) mass is 302 g/mol. The van der Waals surface area contributed by atoms with Crippen molar-refractivity contribution in [2.75, 3.05) is 26.7 Å². The maximum absolute atomic E-state index is 12.2. The van der Waals surface area contributed by atoms with Crippen LogP contribution in [-0.2, 0) is 11.2 Å². The molecule has 1 aromatic heterocycles. The van der Waals surface area contributed by atoms with Crippen molar-refractivity contribution in [3.63, 3.8) is 0 Å². The summed E-state index contributed by atoms with van der Waals surface area (Å²) in [5.41, 5.74) is 0. The van der Waals surface area contributed by atoms with Crippen molar-refractivity contribution in [2.45, 2.75) is 26.2 Å². The first kappa shape index (κ1) is 16.5. The normalized spacial score (nSPS) is 19.1. The van der Waals surface area contributed by atoms with Gasteiger partial charge in [0.2, 0.25) is 5.91 Å². The van der Waals surface area contributed by atoms with Gasteiger partial charge in [0.25, 0.3) is 0 Å². The van der Waals surface area contributed by atoms with Gasteiger partial charge >= 0.3 is 0 Å². The number of amides is 1. The number of nitrogens with zero attached hydrogens (tertiary/aromatic N) is 1. The topological polar surface area (TPSA) is 32.3 Å². The molecule has 0 aromatic carbocycles. The van der Waals surface area contributed by atoms with Crippen molar-refractivity contribution in [3.8, 4) is 0 Å². The van der Waals surface area contributed by atoms with Crippen LogP contribution in [-0.4, -0.2) is 37.5 Å². The van der Waals surface area contributed by atoms with E-state index in [0.717, 1.165) is 26.1 Å². The van der Waals surface area contributed by atoms with Gasteiger partial charge in [0.15, 0.2) is 0 Å². The van der Waals surface area contributed by atoms with Gasteiger partial charge in [0.05, 0.1) is 6.42 Å². The van der Waals surface area contributed by atoms with Gasteiger partial charge in [-0.2, -0.15) is 0 Å². The summed E-state index contributed by atoms with van der Waals surface area (Å²) >= 11 is 1.73. The fourth-order valence-electron chi connectivity index (χ4n) is 2.59. The number of carbonyl (C=O) groups excluding carboxylic acids is 1. The van der Waals surface area contributed by atoms with Crippen LogP contribution in [0.25, 0.3) is 0 Å². The molecule has 1 fully saturated rings. The Morgan fingerprint density at radius 2 is 2.32 bits per heavy atom. The molecule has 19 heavy (non-hydrogen) atoms. The lowest BCUT2D eigenvalue weighted by Gasteiger charge is -2.32. The number of hydrogen-bond donors (Lipinski definition) is 1. The van der Waals surface area contributed by atoms with Crippen LogP contribution in [0.3, 0.4) is 0 Å². The molecule has 1 atom stereocenters. The minimum Gasteiger partial charge on any atom is -0.342 e. The molecule has 2 heterocycles. The van der Waals surface area contributed by atoms with Crippen molar-refractivity contribution in [1.82, 2.24) is 10.2 Å². The molecule has 0 spiro atoms. The molecule has 1 aromatic rings. The highest BCUT2D eigenvalue weighted by Crippen LogP contribution is 2.19. The quantitative estimate of drug-likeness (QED) is 0.927. The Labute approximate surface area is 125 Å². The SMILES string of the molecule is CNCC1CCCN(C(=O)Cc2ccc(C)s2)C1.Cl. The fraction of sp³-hybridized carbons (Fsp3) is 0.643. The van der Waals surface area contributed by atoms with Crippen LogP contribution in [0, 0.1) is 12.8 Å². The van der Waals surface area contributed by atoms with E-state index in [0.29, 0.717) is 12.3 Å². The van der Waals surface area contributed by atoms with E-state index >= 15 is 0 Å². The van der Waals surface area contributed by atoms with Gasteiger partial charge < -0.3 is 10.2 Å². The smallest absolute Gasteiger partial charge is 0.227 e. The molecular formula is C14H23ClN2OS. The Morgan fingerprint density at radius 1 is 1.53 bits per heavy atom. The molecule has 0 bridgehead atoms. The lowest BCUT2D eigenvalue weighted by atomic mass is 9.98. The zero-order valence-electron chi connectivity index (χ0n) is 11.6. The summed E-state index contributed by atoms with van der Waals surface area (Å²) in [5.74, 6) is 0.912. The lowest BCUT2D eigenvalue weighted by molar-refractivity contribution is -0.132. The number of piperidine rings is 1. The molecule has 2 rings (SSSR count). The maximum atomic E-state index is 12.2. The molecule has 108 valence electrons. The van der Waals surface area contributed by atoms with Crippen molar-refractivity contribution >= 4 is 29.7 Å². The van der Waals surface area contributed by atoms with Crippen LogP contribution in [0.2, 0.25) is 0 Å². The Bertz CT molecular complexity index is 406. The molecule has 0 radical (unpaired) electrons. The van der Waals surface area contributed by atoms with Crippen molar-refractivity contribution in [3.05, 3.63) is 21.9 Å². The fourth-order valence-corrected chi connectivity index (χ4v) is 3.47. The molecule has 1 unspecified atom stereocenters. The molecule has 0 aliphatic carbocycles. The summed E-state index contributed by atoms with van der Waals surface area (Å²) in [6.07, 6.45) is 2.95. The Hall–Kier alpha value is -0.580. The predicted molar refractivity (Wildman–Crippen MR) is 83.2 cm³/mol. The highest BCUT2D eigenvalue weighted by molar-refractivity contribution is 7.12. The van der Waals surface area contributed by atoms with Gasteiger partial charge in [0, 0.05) is 22.8 Å². The van der Waals surface area contributed by atoms with E-state index in [4.69, 9.17) is 0 Å². The minimum atomic E-state index is 0. The molecular weight excluding hydrogens is 280 g/mol. The lowest BCUT2D eigenvalue weighted by Crippen LogP contribution is -2.43. The first-order chi connectivity index (χ1) is 8.69. The highest BCUT2D eigenvalue weighted by atomic mass is 35.5. The summed E-state index contributed by atoms with van der Waals surface area (Å²) in [4.78, 5) is 16.8. The molecule has 1 aliphatic rings. The Morgan fingerprint density at radius 3 is 2.95 bits per heavy atom. The number of rotatable bonds is 4. The number of aryl methyl sites for hydroxylation is 1. The summed E-state index contributed by atoms with van der Waals surface area (Å²) in [5, 5.41) is 3.21. The minimum absolute atomic E-state index is 0. The van der Waals surface area contributed by atoms with Crippen molar-refractivity contribution < 1.29 is 4.79 Å². The summed E-state index contributed by atoms with van der Waals surface area (Å²) in [6.45, 7) is 4.96. The zero-order chi connectivity index (χ0) is 13.0. The van der Waals surface area contributed by atoms with Crippen molar-refractivity contribution in [1.29, 1.82) is 0 Å². The summed E-state index contributed by atoms with van der Waals surface area (Å²) < 4.78 is 0. The van der Waals surface area contributed by atoms with Gasteiger partial charge in [-0.1, -0.05) is 0 Å². The van der Waals surface area contributed by atoms with Crippen LogP contribution in [0.1, 0.15) is 22.6 Å². The van der Waals surface area contributed by atoms with Crippen LogP contribution >= 0.6 is 23.7 Å². The van der Waals surface area contributed by atoms with E-state index in [9.17, 15) is 4.79 Å². The molecule has 3 nitrogen and oxygen atoms in total. The third-order valence-electron chi connectivity index (χ3n) is 3.49. The van der Waals surface area contributed by atoms with Crippen LogP contribution < -0.4 is 5.32 Å². The molecule has 1 saturated heterocycles. The average Bonchev–Trinajstić information content (AvgIpc) is 2.75. The van der Waals surface area contributed by atoms with E-state index in [-0.39, 0.29) is 18.3 Å². The Balaban J connectivity index is 0.00000180. The first-order valence-electron chi connectivity index (χ1n) is 6.66. The number of thiophene rings is 1. The van der Waals surface area contributed by atoms with Crippen molar-refractivity contribution in [2.24, 2.45) is 5.92 Å². The molecule has 1 aliphatic heterocycles. The molecule has 1 amide bonds. The second-order valence-corrected chi connectivity index (χ2v) is 6.47. The third-order valence-corrected chi connectivity index (χ3v) is 4.49.